The maximum absolute atomic E-state index is 12.1. The van der Waals surface area contributed by atoms with Gasteiger partial charge in [0.1, 0.15) is 0 Å². The fourth-order valence-electron chi connectivity index (χ4n) is 1.87. The summed E-state index contributed by atoms with van der Waals surface area (Å²) in [6.07, 6.45) is 0. The largest absolute Gasteiger partial charge is 0.354 e. The number of thiophene rings is 1. The van der Waals surface area contributed by atoms with Crippen molar-refractivity contribution in [1.29, 1.82) is 0 Å². The monoisotopic (exact) mass is 308 g/mol. The van der Waals surface area contributed by atoms with E-state index in [9.17, 15) is 4.79 Å². The Hall–Kier alpha value is -1.36. The van der Waals surface area contributed by atoms with Crippen LogP contribution in [0.2, 0.25) is 4.34 Å². The van der Waals surface area contributed by atoms with Crippen LogP contribution in [0.15, 0.2) is 42.5 Å². The van der Waals surface area contributed by atoms with E-state index in [0.717, 1.165) is 10.4 Å². The maximum Gasteiger partial charge on any atom is 0.228 e. The molecular weight excluding hydrogens is 292 g/mol. The molecule has 0 spiro atoms. The number of rotatable bonds is 5. The van der Waals surface area contributed by atoms with Gasteiger partial charge in [-0.15, -0.1) is 11.3 Å². The summed E-state index contributed by atoms with van der Waals surface area (Å²) >= 11 is 7.31. The second-order valence-corrected chi connectivity index (χ2v) is 6.37. The predicted molar refractivity (Wildman–Crippen MR) is 84.1 cm³/mol. The summed E-state index contributed by atoms with van der Waals surface area (Å²) < 4.78 is 0.695. The first-order valence-corrected chi connectivity index (χ1v) is 7.61. The van der Waals surface area contributed by atoms with Gasteiger partial charge in [-0.3, -0.25) is 4.79 Å². The van der Waals surface area contributed by atoms with Gasteiger partial charge >= 0.3 is 0 Å². The van der Waals surface area contributed by atoms with Gasteiger partial charge in [-0.2, -0.15) is 0 Å². The molecular formula is C15H17ClN2OS. The van der Waals surface area contributed by atoms with Crippen LogP contribution in [0.25, 0.3) is 0 Å². The van der Waals surface area contributed by atoms with E-state index in [1.165, 1.54) is 11.3 Å². The molecule has 1 heterocycles. The normalized spacial score (nSPS) is 13.8. The minimum absolute atomic E-state index is 0.0325. The Bertz CT molecular complexity index is 570. The van der Waals surface area contributed by atoms with Crippen molar-refractivity contribution in [3.63, 3.8) is 0 Å². The molecule has 0 aliphatic heterocycles. The summed E-state index contributed by atoms with van der Waals surface area (Å²) in [6, 6.07) is 13.2. The Morgan fingerprint density at radius 2 is 2.00 bits per heavy atom. The van der Waals surface area contributed by atoms with E-state index in [2.05, 4.69) is 5.32 Å². The fraction of sp³-hybridized carbons (Fsp3) is 0.267. The van der Waals surface area contributed by atoms with Crippen LogP contribution in [0, 0.1) is 0 Å². The summed E-state index contributed by atoms with van der Waals surface area (Å²) in [4.78, 5) is 13.0. The first kappa shape index (κ1) is 15.0. The van der Waals surface area contributed by atoms with Gasteiger partial charge < -0.3 is 11.1 Å². The Morgan fingerprint density at radius 1 is 1.30 bits per heavy atom. The van der Waals surface area contributed by atoms with Crippen molar-refractivity contribution >= 4 is 28.8 Å². The van der Waals surface area contributed by atoms with Crippen LogP contribution < -0.4 is 11.1 Å². The Balaban J connectivity index is 1.89. The zero-order valence-electron chi connectivity index (χ0n) is 11.2. The lowest BCUT2D eigenvalue weighted by molar-refractivity contribution is -0.122. The molecule has 1 amide bonds. The van der Waals surface area contributed by atoms with Crippen molar-refractivity contribution in [3.8, 4) is 0 Å². The third-order valence-corrected chi connectivity index (χ3v) is 4.55. The Morgan fingerprint density at radius 3 is 2.60 bits per heavy atom. The maximum atomic E-state index is 12.1. The van der Waals surface area contributed by atoms with Crippen molar-refractivity contribution in [2.24, 2.45) is 5.73 Å². The molecule has 0 aliphatic carbocycles. The number of nitrogens with two attached hydrogens (primary N) is 1. The number of benzene rings is 1. The average molecular weight is 309 g/mol. The van der Waals surface area contributed by atoms with E-state index in [4.69, 9.17) is 17.3 Å². The van der Waals surface area contributed by atoms with E-state index < -0.39 is 0 Å². The first-order valence-electron chi connectivity index (χ1n) is 6.41. The zero-order valence-corrected chi connectivity index (χ0v) is 12.7. The molecule has 0 bridgehead atoms. The average Bonchev–Trinajstić information content (AvgIpc) is 2.91. The molecule has 2 aromatic rings. The molecule has 2 rings (SSSR count). The molecule has 0 saturated heterocycles. The van der Waals surface area contributed by atoms with Gasteiger partial charge in [0, 0.05) is 17.5 Å². The summed E-state index contributed by atoms with van der Waals surface area (Å²) in [5.41, 5.74) is 7.07. The van der Waals surface area contributed by atoms with Crippen molar-refractivity contribution in [1.82, 2.24) is 5.32 Å². The summed E-state index contributed by atoms with van der Waals surface area (Å²) in [7, 11) is 0. The quantitative estimate of drug-likeness (QED) is 0.890. The molecule has 0 aliphatic rings. The van der Waals surface area contributed by atoms with Crippen LogP contribution in [0.4, 0.5) is 0 Å². The lowest BCUT2D eigenvalue weighted by Crippen LogP contribution is -2.34. The number of amides is 1. The van der Waals surface area contributed by atoms with Gasteiger partial charge in [0.05, 0.1) is 10.3 Å². The SMILES string of the molecule is CC(C(=O)NCC(N)c1ccccc1)c1ccc(Cl)s1. The number of nitrogens with one attached hydrogen (secondary N) is 1. The molecule has 0 saturated carbocycles. The topological polar surface area (TPSA) is 55.1 Å². The Labute approximate surface area is 127 Å². The minimum Gasteiger partial charge on any atom is -0.354 e. The third kappa shape index (κ3) is 3.82. The number of halogens is 1. The number of hydrogen-bond donors (Lipinski definition) is 2. The molecule has 106 valence electrons. The highest BCUT2D eigenvalue weighted by Crippen LogP contribution is 2.28. The lowest BCUT2D eigenvalue weighted by atomic mass is 10.1. The molecule has 20 heavy (non-hydrogen) atoms. The van der Waals surface area contributed by atoms with Gasteiger partial charge in [-0.05, 0) is 24.6 Å². The zero-order chi connectivity index (χ0) is 14.5. The molecule has 2 atom stereocenters. The van der Waals surface area contributed by atoms with E-state index in [1.54, 1.807) is 6.07 Å². The number of carbonyl (C=O) groups excluding carboxylic acids is 1. The molecule has 1 aromatic carbocycles. The molecule has 5 heteroatoms. The smallest absolute Gasteiger partial charge is 0.228 e. The molecule has 2 unspecified atom stereocenters. The summed E-state index contributed by atoms with van der Waals surface area (Å²) in [5, 5.41) is 2.89. The van der Waals surface area contributed by atoms with Crippen LogP contribution >= 0.6 is 22.9 Å². The van der Waals surface area contributed by atoms with E-state index in [-0.39, 0.29) is 17.9 Å². The van der Waals surface area contributed by atoms with Gasteiger partial charge in [-0.1, -0.05) is 41.9 Å². The molecule has 1 aromatic heterocycles. The Kier molecular flexibility index (Phi) is 5.17. The van der Waals surface area contributed by atoms with Crippen molar-refractivity contribution < 1.29 is 4.79 Å². The lowest BCUT2D eigenvalue weighted by Gasteiger charge is -2.15. The van der Waals surface area contributed by atoms with Crippen LogP contribution in [0.5, 0.6) is 0 Å². The summed E-state index contributed by atoms with van der Waals surface area (Å²) in [6.45, 7) is 2.29. The van der Waals surface area contributed by atoms with Crippen LogP contribution in [0.3, 0.4) is 0 Å². The highest BCUT2D eigenvalue weighted by atomic mass is 35.5. The van der Waals surface area contributed by atoms with Gasteiger partial charge in [0.15, 0.2) is 0 Å². The molecule has 3 N–H and O–H groups in total. The minimum atomic E-state index is -0.213. The van der Waals surface area contributed by atoms with Crippen LogP contribution in [0.1, 0.15) is 29.3 Å². The first-order chi connectivity index (χ1) is 9.58. The predicted octanol–water partition coefficient (Wildman–Crippen LogP) is 3.32. The molecule has 0 radical (unpaired) electrons. The van der Waals surface area contributed by atoms with Gasteiger partial charge in [0.25, 0.3) is 0 Å². The second kappa shape index (κ2) is 6.88. The van der Waals surface area contributed by atoms with Gasteiger partial charge in [-0.25, -0.2) is 0 Å². The van der Waals surface area contributed by atoms with Crippen molar-refractivity contribution in [3.05, 3.63) is 57.2 Å². The third-order valence-electron chi connectivity index (χ3n) is 3.14. The number of hydrogen-bond acceptors (Lipinski definition) is 3. The van der Waals surface area contributed by atoms with E-state index in [0.29, 0.717) is 10.9 Å². The second-order valence-electron chi connectivity index (χ2n) is 4.63. The van der Waals surface area contributed by atoms with E-state index >= 15 is 0 Å². The van der Waals surface area contributed by atoms with Crippen LogP contribution in [-0.2, 0) is 4.79 Å². The highest BCUT2D eigenvalue weighted by molar-refractivity contribution is 7.16. The van der Waals surface area contributed by atoms with Crippen LogP contribution in [-0.4, -0.2) is 12.5 Å². The summed E-state index contributed by atoms with van der Waals surface area (Å²) in [5.74, 6) is -0.245. The standard InChI is InChI=1S/C15H17ClN2OS/c1-10(13-7-8-14(16)20-13)15(19)18-9-12(17)11-5-3-2-4-6-11/h2-8,10,12H,9,17H2,1H3,(H,18,19). The van der Waals surface area contributed by atoms with Gasteiger partial charge in [0.2, 0.25) is 5.91 Å². The van der Waals surface area contributed by atoms with E-state index in [1.807, 2.05) is 43.3 Å². The molecule has 0 fully saturated rings. The fourth-order valence-corrected chi connectivity index (χ4v) is 2.98. The molecule has 3 nitrogen and oxygen atoms in total. The van der Waals surface area contributed by atoms with Crippen molar-refractivity contribution in [2.45, 2.75) is 18.9 Å². The number of carbonyl (C=O) groups is 1. The highest BCUT2D eigenvalue weighted by Gasteiger charge is 2.17. The van der Waals surface area contributed by atoms with Crippen molar-refractivity contribution in [2.75, 3.05) is 6.54 Å².